The summed E-state index contributed by atoms with van der Waals surface area (Å²) in [5.74, 6) is 2.47. The molecule has 0 bridgehead atoms. The minimum atomic E-state index is -0.181. The Morgan fingerprint density at radius 3 is 1.91 bits per heavy atom. The molecular formula is C21H36O2. The molecular weight excluding hydrogens is 284 g/mol. The van der Waals surface area contributed by atoms with E-state index in [1.807, 2.05) is 6.92 Å². The van der Waals surface area contributed by atoms with E-state index in [1.54, 1.807) is 0 Å². The molecule has 2 nitrogen and oxygen atoms in total. The highest BCUT2D eigenvalue weighted by Crippen LogP contribution is 2.40. The van der Waals surface area contributed by atoms with Gasteiger partial charge in [-0.25, -0.2) is 0 Å². The Balaban J connectivity index is 2.88. The zero-order chi connectivity index (χ0) is 17.6. The van der Waals surface area contributed by atoms with Gasteiger partial charge in [0, 0.05) is 12.5 Å². The van der Waals surface area contributed by atoms with Crippen molar-refractivity contribution in [1.29, 1.82) is 0 Å². The van der Waals surface area contributed by atoms with Gasteiger partial charge in [-0.3, -0.25) is 0 Å². The predicted molar refractivity (Wildman–Crippen MR) is 99.0 cm³/mol. The highest BCUT2D eigenvalue weighted by Gasteiger charge is 2.27. The summed E-state index contributed by atoms with van der Waals surface area (Å²) in [4.78, 5) is 0. The van der Waals surface area contributed by atoms with Crippen molar-refractivity contribution in [3.63, 3.8) is 0 Å². The Morgan fingerprint density at radius 1 is 0.957 bits per heavy atom. The molecule has 132 valence electrons. The lowest BCUT2D eigenvalue weighted by Crippen LogP contribution is -2.26. The van der Waals surface area contributed by atoms with Gasteiger partial charge in [0.2, 0.25) is 6.29 Å². The first-order chi connectivity index (χ1) is 10.6. The molecule has 2 heteroatoms. The Kier molecular flexibility index (Phi) is 7.60. The molecule has 0 fully saturated rings. The standard InChI is InChI=1S/C21H36O2/c1-9-22-20(16(4)5)23-18-12-10-17(11-13-18)19(14-15(2)3)21(6,7)8/h10-13,15-16,19-20H,9,14H2,1-8H3. The van der Waals surface area contributed by atoms with Gasteiger partial charge in [0.1, 0.15) is 5.75 Å². The minimum Gasteiger partial charge on any atom is -0.465 e. The molecule has 1 rings (SSSR count). The number of rotatable bonds is 8. The molecule has 0 aromatic heterocycles. The molecule has 23 heavy (non-hydrogen) atoms. The molecule has 0 saturated carbocycles. The van der Waals surface area contributed by atoms with Crippen LogP contribution in [0.25, 0.3) is 0 Å². The molecule has 1 aromatic rings. The summed E-state index contributed by atoms with van der Waals surface area (Å²) in [6.07, 6.45) is 1.03. The number of ether oxygens (including phenoxy) is 2. The summed E-state index contributed by atoms with van der Waals surface area (Å²) in [7, 11) is 0. The molecule has 0 amide bonds. The van der Waals surface area contributed by atoms with Crippen LogP contribution >= 0.6 is 0 Å². The van der Waals surface area contributed by atoms with Gasteiger partial charge in [0.15, 0.2) is 0 Å². The van der Waals surface area contributed by atoms with E-state index in [9.17, 15) is 0 Å². The van der Waals surface area contributed by atoms with Gasteiger partial charge in [0.25, 0.3) is 0 Å². The Bertz CT molecular complexity index is 440. The van der Waals surface area contributed by atoms with Crippen molar-refractivity contribution in [1.82, 2.24) is 0 Å². The van der Waals surface area contributed by atoms with Crippen LogP contribution in [-0.4, -0.2) is 12.9 Å². The van der Waals surface area contributed by atoms with Gasteiger partial charge < -0.3 is 9.47 Å². The predicted octanol–water partition coefficient (Wildman–Crippen LogP) is 6.26. The molecule has 2 atom stereocenters. The van der Waals surface area contributed by atoms with E-state index < -0.39 is 0 Å². The number of benzene rings is 1. The molecule has 1 aromatic carbocycles. The van der Waals surface area contributed by atoms with E-state index in [0.29, 0.717) is 24.4 Å². The van der Waals surface area contributed by atoms with Crippen molar-refractivity contribution in [3.8, 4) is 5.75 Å². The van der Waals surface area contributed by atoms with Gasteiger partial charge >= 0.3 is 0 Å². The van der Waals surface area contributed by atoms with Crippen LogP contribution in [0, 0.1) is 17.3 Å². The number of hydrogen-bond acceptors (Lipinski definition) is 2. The molecule has 0 aliphatic rings. The molecule has 0 heterocycles. The van der Waals surface area contributed by atoms with Crippen LogP contribution in [0.3, 0.4) is 0 Å². The quantitative estimate of drug-likeness (QED) is 0.526. The molecule has 2 unspecified atom stereocenters. The lowest BCUT2D eigenvalue weighted by molar-refractivity contribution is -0.103. The van der Waals surface area contributed by atoms with Crippen molar-refractivity contribution in [2.45, 2.75) is 74.0 Å². The van der Waals surface area contributed by atoms with Gasteiger partial charge in [-0.15, -0.1) is 0 Å². The average molecular weight is 321 g/mol. The normalized spacial score (nSPS) is 15.0. The molecule has 0 radical (unpaired) electrons. The van der Waals surface area contributed by atoms with Gasteiger partial charge in [-0.05, 0) is 48.3 Å². The maximum Gasteiger partial charge on any atom is 0.202 e. The summed E-state index contributed by atoms with van der Waals surface area (Å²) in [5.41, 5.74) is 1.66. The summed E-state index contributed by atoms with van der Waals surface area (Å²) >= 11 is 0. The monoisotopic (exact) mass is 320 g/mol. The van der Waals surface area contributed by atoms with Crippen molar-refractivity contribution >= 4 is 0 Å². The van der Waals surface area contributed by atoms with E-state index >= 15 is 0 Å². The van der Waals surface area contributed by atoms with Crippen LogP contribution in [0.1, 0.15) is 73.3 Å². The fourth-order valence-corrected chi connectivity index (χ4v) is 2.90. The van der Waals surface area contributed by atoms with E-state index in [0.717, 1.165) is 5.75 Å². The fraction of sp³-hybridized carbons (Fsp3) is 0.714. The largest absolute Gasteiger partial charge is 0.465 e. The van der Waals surface area contributed by atoms with Crippen molar-refractivity contribution in [3.05, 3.63) is 29.8 Å². The van der Waals surface area contributed by atoms with Gasteiger partial charge in [-0.2, -0.15) is 0 Å². The van der Waals surface area contributed by atoms with Crippen LogP contribution in [0.15, 0.2) is 24.3 Å². The van der Waals surface area contributed by atoms with Crippen LogP contribution in [0.4, 0.5) is 0 Å². The molecule has 0 aliphatic carbocycles. The summed E-state index contributed by atoms with van der Waals surface area (Å²) < 4.78 is 11.7. The average Bonchev–Trinajstić information content (AvgIpc) is 2.44. The highest BCUT2D eigenvalue weighted by atomic mass is 16.7. The van der Waals surface area contributed by atoms with E-state index in [1.165, 1.54) is 12.0 Å². The molecule has 0 spiro atoms. The third-order valence-electron chi connectivity index (χ3n) is 4.16. The summed E-state index contributed by atoms with van der Waals surface area (Å²) in [5, 5.41) is 0. The van der Waals surface area contributed by atoms with Gasteiger partial charge in [-0.1, -0.05) is 60.6 Å². The first-order valence-corrected chi connectivity index (χ1v) is 9.03. The van der Waals surface area contributed by atoms with E-state index in [-0.39, 0.29) is 11.7 Å². The smallest absolute Gasteiger partial charge is 0.202 e. The third-order valence-corrected chi connectivity index (χ3v) is 4.16. The molecule has 0 aliphatic heterocycles. The van der Waals surface area contributed by atoms with E-state index in [4.69, 9.17) is 9.47 Å². The van der Waals surface area contributed by atoms with Gasteiger partial charge in [0.05, 0.1) is 0 Å². The fourth-order valence-electron chi connectivity index (χ4n) is 2.90. The van der Waals surface area contributed by atoms with Crippen molar-refractivity contribution in [2.24, 2.45) is 17.3 Å². The van der Waals surface area contributed by atoms with Crippen LogP contribution < -0.4 is 4.74 Å². The Hall–Kier alpha value is -1.02. The second-order valence-corrected chi connectivity index (χ2v) is 8.30. The lowest BCUT2D eigenvalue weighted by atomic mass is 9.72. The SMILES string of the molecule is CCOC(Oc1ccc(C(CC(C)C)C(C)(C)C)cc1)C(C)C. The van der Waals surface area contributed by atoms with Crippen LogP contribution in [0.2, 0.25) is 0 Å². The third kappa shape index (κ3) is 6.55. The van der Waals surface area contributed by atoms with Crippen LogP contribution in [-0.2, 0) is 4.74 Å². The summed E-state index contributed by atoms with van der Waals surface area (Å²) in [6.45, 7) is 18.5. The Labute approximate surface area is 143 Å². The van der Waals surface area contributed by atoms with E-state index in [2.05, 4.69) is 72.7 Å². The Morgan fingerprint density at radius 2 is 1.52 bits per heavy atom. The first kappa shape index (κ1) is 20.0. The van der Waals surface area contributed by atoms with Crippen molar-refractivity contribution in [2.75, 3.05) is 6.61 Å². The maximum atomic E-state index is 6.00. The zero-order valence-corrected chi connectivity index (χ0v) is 16.3. The second-order valence-electron chi connectivity index (χ2n) is 8.30. The lowest BCUT2D eigenvalue weighted by Gasteiger charge is -2.33. The van der Waals surface area contributed by atoms with Crippen molar-refractivity contribution < 1.29 is 9.47 Å². The molecule has 0 N–H and O–H groups in total. The zero-order valence-electron chi connectivity index (χ0n) is 16.3. The maximum absolute atomic E-state index is 6.00. The minimum absolute atomic E-state index is 0.181. The van der Waals surface area contributed by atoms with Crippen LogP contribution in [0.5, 0.6) is 5.75 Å². The molecule has 0 saturated heterocycles. The topological polar surface area (TPSA) is 18.5 Å². The number of hydrogen-bond donors (Lipinski definition) is 0. The first-order valence-electron chi connectivity index (χ1n) is 9.03. The second kappa shape index (κ2) is 8.73. The highest BCUT2D eigenvalue weighted by molar-refractivity contribution is 5.30. The summed E-state index contributed by atoms with van der Waals surface area (Å²) in [6, 6.07) is 8.61.